The van der Waals surface area contributed by atoms with Gasteiger partial charge in [0.05, 0.1) is 0 Å². The molecule has 0 spiro atoms. The standard InChI is InChI=1S/C12H22/c1-9-6-10(7-9)8-11-4-5-12(11,2)3/h9-11H,4-8H2,1-3H3. The smallest absolute Gasteiger partial charge is 0.0326 e. The molecule has 70 valence electrons. The Labute approximate surface area is 76.7 Å². The van der Waals surface area contributed by atoms with Crippen LogP contribution in [0.15, 0.2) is 0 Å². The van der Waals surface area contributed by atoms with Crippen LogP contribution >= 0.6 is 0 Å². The van der Waals surface area contributed by atoms with Crippen molar-refractivity contribution in [3.05, 3.63) is 0 Å². The Balaban J connectivity index is 1.74. The van der Waals surface area contributed by atoms with Crippen molar-refractivity contribution < 1.29 is 0 Å². The second kappa shape index (κ2) is 2.75. The third kappa shape index (κ3) is 1.41. The Morgan fingerprint density at radius 2 is 1.92 bits per heavy atom. The van der Waals surface area contributed by atoms with Gasteiger partial charge in [0, 0.05) is 0 Å². The molecule has 0 heteroatoms. The molecule has 0 N–H and O–H groups in total. The average molecular weight is 166 g/mol. The van der Waals surface area contributed by atoms with Crippen molar-refractivity contribution in [2.45, 2.75) is 52.9 Å². The van der Waals surface area contributed by atoms with Gasteiger partial charge in [0.2, 0.25) is 0 Å². The first-order valence-corrected chi connectivity index (χ1v) is 5.58. The van der Waals surface area contributed by atoms with Crippen molar-refractivity contribution in [2.75, 3.05) is 0 Å². The van der Waals surface area contributed by atoms with Crippen molar-refractivity contribution in [1.29, 1.82) is 0 Å². The van der Waals surface area contributed by atoms with Crippen LogP contribution < -0.4 is 0 Å². The second-order valence-electron chi connectivity index (χ2n) is 5.90. The topological polar surface area (TPSA) is 0 Å². The van der Waals surface area contributed by atoms with Gasteiger partial charge in [-0.05, 0) is 55.3 Å². The normalized spacial score (nSPS) is 44.8. The van der Waals surface area contributed by atoms with Crippen LogP contribution in [0.5, 0.6) is 0 Å². The Kier molecular flexibility index (Phi) is 1.97. The van der Waals surface area contributed by atoms with Crippen LogP contribution in [0.3, 0.4) is 0 Å². The molecule has 0 nitrogen and oxygen atoms in total. The summed E-state index contributed by atoms with van der Waals surface area (Å²) in [7, 11) is 0. The van der Waals surface area contributed by atoms with Crippen molar-refractivity contribution in [3.63, 3.8) is 0 Å². The van der Waals surface area contributed by atoms with E-state index in [1.165, 1.54) is 32.1 Å². The molecule has 2 aliphatic rings. The summed E-state index contributed by atoms with van der Waals surface area (Å²) in [5.41, 5.74) is 0.693. The molecular formula is C12H22. The SMILES string of the molecule is CC1CC(CC2CCC2(C)C)C1. The second-order valence-corrected chi connectivity index (χ2v) is 5.90. The molecule has 0 heterocycles. The fourth-order valence-electron chi connectivity index (χ4n) is 3.03. The zero-order valence-corrected chi connectivity index (χ0v) is 8.77. The van der Waals surface area contributed by atoms with Crippen molar-refractivity contribution >= 4 is 0 Å². The minimum Gasteiger partial charge on any atom is -0.0625 e. The summed E-state index contributed by atoms with van der Waals surface area (Å²) in [6.45, 7) is 7.29. The summed E-state index contributed by atoms with van der Waals surface area (Å²) in [6, 6.07) is 0. The predicted octanol–water partition coefficient (Wildman–Crippen LogP) is 3.86. The van der Waals surface area contributed by atoms with Crippen molar-refractivity contribution in [3.8, 4) is 0 Å². The first-order valence-electron chi connectivity index (χ1n) is 5.58. The third-order valence-electron chi connectivity index (χ3n) is 4.33. The fourth-order valence-corrected chi connectivity index (χ4v) is 3.03. The molecule has 1 unspecified atom stereocenters. The van der Waals surface area contributed by atoms with Gasteiger partial charge >= 0.3 is 0 Å². The van der Waals surface area contributed by atoms with E-state index in [0.29, 0.717) is 5.41 Å². The summed E-state index contributed by atoms with van der Waals surface area (Å²) >= 11 is 0. The molecule has 2 rings (SSSR count). The largest absolute Gasteiger partial charge is 0.0625 e. The molecule has 12 heavy (non-hydrogen) atoms. The highest BCUT2D eigenvalue weighted by Gasteiger charge is 2.40. The maximum Gasteiger partial charge on any atom is -0.0326 e. The maximum absolute atomic E-state index is 2.45. The molecule has 0 aliphatic heterocycles. The molecular weight excluding hydrogens is 144 g/mol. The van der Waals surface area contributed by atoms with E-state index in [1.54, 1.807) is 0 Å². The van der Waals surface area contributed by atoms with E-state index < -0.39 is 0 Å². The first-order chi connectivity index (χ1) is 5.58. The lowest BCUT2D eigenvalue weighted by molar-refractivity contribution is 0.0260. The van der Waals surface area contributed by atoms with Crippen LogP contribution in [0.2, 0.25) is 0 Å². The fraction of sp³-hybridized carbons (Fsp3) is 1.00. The highest BCUT2D eigenvalue weighted by molar-refractivity contribution is 4.91. The van der Waals surface area contributed by atoms with Crippen molar-refractivity contribution in [2.24, 2.45) is 23.2 Å². The van der Waals surface area contributed by atoms with E-state index >= 15 is 0 Å². The number of rotatable bonds is 2. The van der Waals surface area contributed by atoms with E-state index in [1.807, 2.05) is 0 Å². The molecule has 0 aromatic carbocycles. The number of hydrogen-bond donors (Lipinski definition) is 0. The molecule has 0 saturated heterocycles. The van der Waals surface area contributed by atoms with Crippen LogP contribution in [0.25, 0.3) is 0 Å². The Bertz CT molecular complexity index is 163. The van der Waals surface area contributed by atoms with Gasteiger partial charge in [-0.2, -0.15) is 0 Å². The van der Waals surface area contributed by atoms with Crippen LogP contribution in [0, 0.1) is 23.2 Å². The monoisotopic (exact) mass is 166 g/mol. The molecule has 1 atom stereocenters. The van der Waals surface area contributed by atoms with Gasteiger partial charge in [0.15, 0.2) is 0 Å². The van der Waals surface area contributed by atoms with Gasteiger partial charge in [-0.1, -0.05) is 20.8 Å². The lowest BCUT2D eigenvalue weighted by Gasteiger charge is -2.48. The van der Waals surface area contributed by atoms with E-state index in [4.69, 9.17) is 0 Å². The third-order valence-corrected chi connectivity index (χ3v) is 4.33. The minimum atomic E-state index is 0.693. The quantitative estimate of drug-likeness (QED) is 0.584. The Morgan fingerprint density at radius 1 is 1.25 bits per heavy atom. The van der Waals surface area contributed by atoms with Gasteiger partial charge in [0.25, 0.3) is 0 Å². The molecule has 0 aromatic heterocycles. The predicted molar refractivity (Wildman–Crippen MR) is 53.0 cm³/mol. The average Bonchev–Trinajstić information content (AvgIpc) is 1.93. The lowest BCUT2D eigenvalue weighted by Crippen LogP contribution is -2.37. The van der Waals surface area contributed by atoms with Gasteiger partial charge in [0.1, 0.15) is 0 Å². The maximum atomic E-state index is 2.45. The Hall–Kier alpha value is 0. The van der Waals surface area contributed by atoms with E-state index in [-0.39, 0.29) is 0 Å². The lowest BCUT2D eigenvalue weighted by atomic mass is 9.57. The molecule has 0 radical (unpaired) electrons. The van der Waals surface area contributed by atoms with Gasteiger partial charge < -0.3 is 0 Å². The van der Waals surface area contributed by atoms with Gasteiger partial charge in [-0.3, -0.25) is 0 Å². The minimum absolute atomic E-state index is 0.693. The highest BCUT2D eigenvalue weighted by atomic mass is 14.5. The van der Waals surface area contributed by atoms with Crippen LogP contribution in [0.1, 0.15) is 52.9 Å². The zero-order valence-electron chi connectivity index (χ0n) is 8.77. The van der Waals surface area contributed by atoms with Crippen molar-refractivity contribution in [1.82, 2.24) is 0 Å². The summed E-state index contributed by atoms with van der Waals surface area (Å²) in [5.74, 6) is 3.21. The molecule has 2 saturated carbocycles. The summed E-state index contributed by atoms with van der Waals surface area (Å²) in [5, 5.41) is 0. The number of hydrogen-bond acceptors (Lipinski definition) is 0. The summed E-state index contributed by atoms with van der Waals surface area (Å²) in [6.07, 6.45) is 7.56. The van der Waals surface area contributed by atoms with E-state index in [2.05, 4.69) is 20.8 Å². The molecule has 0 aromatic rings. The van der Waals surface area contributed by atoms with E-state index in [0.717, 1.165) is 17.8 Å². The van der Waals surface area contributed by atoms with Crippen LogP contribution in [-0.2, 0) is 0 Å². The molecule has 2 fully saturated rings. The molecule has 2 aliphatic carbocycles. The first kappa shape index (κ1) is 8.59. The van der Waals surface area contributed by atoms with E-state index in [9.17, 15) is 0 Å². The Morgan fingerprint density at radius 3 is 2.25 bits per heavy atom. The van der Waals surface area contributed by atoms with Gasteiger partial charge in [-0.25, -0.2) is 0 Å². The highest BCUT2D eigenvalue weighted by Crippen LogP contribution is 2.51. The zero-order chi connectivity index (χ0) is 8.77. The van der Waals surface area contributed by atoms with Gasteiger partial charge in [-0.15, -0.1) is 0 Å². The summed E-state index contributed by atoms with van der Waals surface area (Å²) < 4.78 is 0. The van der Waals surface area contributed by atoms with Crippen LogP contribution in [0.4, 0.5) is 0 Å². The summed E-state index contributed by atoms with van der Waals surface area (Å²) in [4.78, 5) is 0. The molecule has 0 amide bonds. The van der Waals surface area contributed by atoms with Crippen LogP contribution in [-0.4, -0.2) is 0 Å². The molecule has 0 bridgehead atoms.